The number of nitrogen functional groups attached to an aromatic ring is 1. The van der Waals surface area contributed by atoms with E-state index in [1.165, 1.54) is 6.42 Å². The molecule has 0 aromatic carbocycles. The van der Waals surface area contributed by atoms with Gasteiger partial charge in [-0.25, -0.2) is 9.97 Å². The molecular formula is C15H17N5O. The lowest BCUT2D eigenvalue weighted by Crippen LogP contribution is -2.28. The first-order valence-corrected chi connectivity index (χ1v) is 7.20. The van der Waals surface area contributed by atoms with Gasteiger partial charge < -0.3 is 20.8 Å². The van der Waals surface area contributed by atoms with Crippen LogP contribution in [-0.4, -0.2) is 34.1 Å². The number of aromatic amines is 1. The zero-order chi connectivity index (χ0) is 14.2. The number of nitrogens with two attached hydrogens (primary N) is 1. The number of ether oxygens (including phenoxy) is 1. The van der Waals surface area contributed by atoms with Crippen LogP contribution in [0.5, 0.6) is 5.75 Å². The van der Waals surface area contributed by atoms with Gasteiger partial charge in [-0.1, -0.05) is 0 Å². The van der Waals surface area contributed by atoms with Gasteiger partial charge >= 0.3 is 0 Å². The first-order chi connectivity index (χ1) is 10.3. The summed E-state index contributed by atoms with van der Waals surface area (Å²) >= 11 is 0. The van der Waals surface area contributed by atoms with Crippen molar-refractivity contribution in [2.24, 2.45) is 0 Å². The fourth-order valence-electron chi connectivity index (χ4n) is 2.93. The van der Waals surface area contributed by atoms with Gasteiger partial charge in [0, 0.05) is 17.6 Å². The second-order valence-electron chi connectivity index (χ2n) is 5.39. The van der Waals surface area contributed by atoms with E-state index >= 15 is 0 Å². The highest BCUT2D eigenvalue weighted by molar-refractivity contribution is 6.10. The van der Waals surface area contributed by atoms with Gasteiger partial charge in [0.25, 0.3) is 0 Å². The number of H-pyrrole nitrogens is 1. The maximum atomic E-state index is 6.03. The van der Waals surface area contributed by atoms with Gasteiger partial charge in [-0.2, -0.15) is 0 Å². The van der Waals surface area contributed by atoms with Gasteiger partial charge in [-0.05, 0) is 31.5 Å². The van der Waals surface area contributed by atoms with Crippen molar-refractivity contribution >= 4 is 27.8 Å². The van der Waals surface area contributed by atoms with E-state index in [1.807, 2.05) is 12.1 Å². The van der Waals surface area contributed by atoms with Crippen molar-refractivity contribution in [3.8, 4) is 5.75 Å². The largest absolute Gasteiger partial charge is 0.487 e. The lowest BCUT2D eigenvalue weighted by Gasteiger charge is -2.14. The van der Waals surface area contributed by atoms with Crippen LogP contribution in [0.15, 0.2) is 24.5 Å². The molecule has 21 heavy (non-hydrogen) atoms. The summed E-state index contributed by atoms with van der Waals surface area (Å²) in [6, 6.07) is 4.32. The maximum Gasteiger partial charge on any atom is 0.171 e. The Morgan fingerprint density at radius 2 is 2.33 bits per heavy atom. The molecule has 1 aliphatic rings. The quantitative estimate of drug-likeness (QED) is 0.682. The Kier molecular flexibility index (Phi) is 2.89. The molecule has 3 aromatic heterocycles. The summed E-state index contributed by atoms with van der Waals surface area (Å²) in [5.74, 6) is 1.07. The molecule has 4 rings (SSSR count). The summed E-state index contributed by atoms with van der Waals surface area (Å²) in [5, 5.41) is 5.39. The number of anilines is 1. The van der Waals surface area contributed by atoms with Crippen LogP contribution in [0.1, 0.15) is 12.8 Å². The molecule has 4 N–H and O–H groups in total. The Labute approximate surface area is 121 Å². The van der Waals surface area contributed by atoms with E-state index in [1.54, 1.807) is 12.4 Å². The molecule has 108 valence electrons. The highest BCUT2D eigenvalue weighted by Crippen LogP contribution is 2.35. The predicted octanol–water partition coefficient (Wildman–Crippen LogP) is 1.82. The van der Waals surface area contributed by atoms with Crippen molar-refractivity contribution in [1.82, 2.24) is 20.3 Å². The van der Waals surface area contributed by atoms with Crippen LogP contribution in [0.2, 0.25) is 0 Å². The Morgan fingerprint density at radius 3 is 3.19 bits per heavy atom. The van der Waals surface area contributed by atoms with E-state index in [4.69, 9.17) is 10.5 Å². The van der Waals surface area contributed by atoms with E-state index in [2.05, 4.69) is 20.3 Å². The van der Waals surface area contributed by atoms with Crippen LogP contribution >= 0.6 is 0 Å². The highest BCUT2D eigenvalue weighted by atomic mass is 16.5. The molecule has 0 bridgehead atoms. The first-order valence-electron chi connectivity index (χ1n) is 7.20. The molecule has 0 aliphatic carbocycles. The molecule has 0 amide bonds. The predicted molar refractivity (Wildman–Crippen MR) is 82.3 cm³/mol. The fourth-order valence-corrected chi connectivity index (χ4v) is 2.93. The summed E-state index contributed by atoms with van der Waals surface area (Å²) in [7, 11) is 0. The zero-order valence-corrected chi connectivity index (χ0v) is 11.6. The van der Waals surface area contributed by atoms with Gasteiger partial charge in [0.05, 0.1) is 17.1 Å². The van der Waals surface area contributed by atoms with E-state index in [0.717, 1.165) is 34.9 Å². The van der Waals surface area contributed by atoms with Crippen LogP contribution in [0.3, 0.4) is 0 Å². The van der Waals surface area contributed by atoms with Gasteiger partial charge in [-0.3, -0.25) is 0 Å². The number of fused-ring (bicyclic) bond motifs is 3. The summed E-state index contributed by atoms with van der Waals surface area (Å²) in [6.07, 6.45) is 5.83. The van der Waals surface area contributed by atoms with Gasteiger partial charge in [0.15, 0.2) is 11.6 Å². The second-order valence-corrected chi connectivity index (χ2v) is 5.39. The first kappa shape index (κ1) is 12.4. The van der Waals surface area contributed by atoms with Gasteiger partial charge in [0.2, 0.25) is 0 Å². The third-order valence-corrected chi connectivity index (χ3v) is 3.98. The molecule has 6 heteroatoms. The summed E-state index contributed by atoms with van der Waals surface area (Å²) in [5.41, 5.74) is 7.75. The number of nitrogens with one attached hydrogen (secondary N) is 2. The average Bonchev–Trinajstić information content (AvgIpc) is 3.13. The highest BCUT2D eigenvalue weighted by Gasteiger charge is 2.18. The van der Waals surface area contributed by atoms with Crippen LogP contribution < -0.4 is 15.8 Å². The molecule has 0 radical (unpaired) electrons. The lowest BCUT2D eigenvalue weighted by atomic mass is 10.2. The number of pyridine rings is 2. The number of aromatic nitrogens is 3. The average molecular weight is 283 g/mol. The molecule has 6 nitrogen and oxygen atoms in total. The number of hydrogen-bond acceptors (Lipinski definition) is 5. The molecule has 1 fully saturated rings. The monoisotopic (exact) mass is 283 g/mol. The van der Waals surface area contributed by atoms with Crippen molar-refractivity contribution in [2.75, 3.05) is 18.9 Å². The minimum atomic E-state index is 0.392. The van der Waals surface area contributed by atoms with Crippen LogP contribution in [-0.2, 0) is 0 Å². The van der Waals surface area contributed by atoms with Crippen molar-refractivity contribution in [1.29, 1.82) is 0 Å². The minimum Gasteiger partial charge on any atom is -0.487 e. The van der Waals surface area contributed by atoms with Crippen LogP contribution in [0.4, 0.5) is 5.82 Å². The SMILES string of the molecule is Nc1ncc2[nH]c3ncccc3c2c1OC[C@H]1CCCN1. The summed E-state index contributed by atoms with van der Waals surface area (Å²) < 4.78 is 6.00. The Bertz CT molecular complexity index is 791. The summed E-state index contributed by atoms with van der Waals surface area (Å²) in [4.78, 5) is 11.8. The number of rotatable bonds is 3. The van der Waals surface area contributed by atoms with E-state index < -0.39 is 0 Å². The molecule has 1 saturated heterocycles. The molecule has 0 unspecified atom stereocenters. The topological polar surface area (TPSA) is 88.9 Å². The van der Waals surface area contributed by atoms with Crippen molar-refractivity contribution in [2.45, 2.75) is 18.9 Å². The smallest absolute Gasteiger partial charge is 0.171 e. The van der Waals surface area contributed by atoms with Crippen LogP contribution in [0, 0.1) is 0 Å². The molecule has 0 spiro atoms. The normalized spacial score (nSPS) is 18.6. The molecule has 0 saturated carbocycles. The van der Waals surface area contributed by atoms with Gasteiger partial charge in [-0.15, -0.1) is 0 Å². The molecule has 4 heterocycles. The Hall–Kier alpha value is -2.34. The molecular weight excluding hydrogens is 266 g/mol. The summed E-state index contributed by atoms with van der Waals surface area (Å²) in [6.45, 7) is 1.67. The molecule has 1 aliphatic heterocycles. The van der Waals surface area contributed by atoms with Gasteiger partial charge in [0.1, 0.15) is 12.3 Å². The Morgan fingerprint density at radius 1 is 1.38 bits per heavy atom. The van der Waals surface area contributed by atoms with Crippen molar-refractivity contribution in [3.63, 3.8) is 0 Å². The Balaban J connectivity index is 1.79. The lowest BCUT2D eigenvalue weighted by molar-refractivity contribution is 0.281. The van der Waals surface area contributed by atoms with Crippen molar-refractivity contribution < 1.29 is 4.74 Å². The fraction of sp³-hybridized carbons (Fsp3) is 0.333. The van der Waals surface area contributed by atoms with E-state index in [0.29, 0.717) is 24.2 Å². The zero-order valence-electron chi connectivity index (χ0n) is 11.6. The molecule has 3 aromatic rings. The second kappa shape index (κ2) is 4.89. The third-order valence-electron chi connectivity index (χ3n) is 3.98. The van der Waals surface area contributed by atoms with E-state index in [-0.39, 0.29) is 0 Å². The number of hydrogen-bond donors (Lipinski definition) is 3. The van der Waals surface area contributed by atoms with Crippen LogP contribution in [0.25, 0.3) is 21.9 Å². The maximum absolute atomic E-state index is 6.03. The van der Waals surface area contributed by atoms with Crippen molar-refractivity contribution in [3.05, 3.63) is 24.5 Å². The van der Waals surface area contributed by atoms with E-state index in [9.17, 15) is 0 Å². The minimum absolute atomic E-state index is 0.392. The third kappa shape index (κ3) is 2.08. The number of nitrogens with zero attached hydrogens (tertiary/aromatic N) is 2. The standard InChI is InChI=1S/C15H17N5O/c16-14-13(21-8-9-3-1-5-17-9)12-10-4-2-6-18-15(10)20-11(12)7-19-14/h2,4,6-7,9,17H,1,3,5,8H2,(H2,16,19)(H,18,20)/t9-/m1/s1. The molecule has 1 atom stereocenters.